The highest BCUT2D eigenvalue weighted by Crippen LogP contribution is 2.12. The second-order valence-corrected chi connectivity index (χ2v) is 5.89. The van der Waals surface area contributed by atoms with Crippen molar-refractivity contribution in [1.29, 1.82) is 0 Å². The topological polar surface area (TPSA) is 58.8 Å². The third-order valence-electron chi connectivity index (χ3n) is 3.32. The van der Waals surface area contributed by atoms with E-state index in [-0.39, 0.29) is 5.97 Å². The van der Waals surface area contributed by atoms with E-state index in [9.17, 15) is 4.79 Å². The molecule has 120 valence electrons. The average molecular weight is 287 g/mol. The monoisotopic (exact) mass is 287 g/mol. The largest absolute Gasteiger partial charge is 0.465 e. The lowest BCUT2D eigenvalue weighted by molar-refractivity contribution is -0.149. The van der Waals surface area contributed by atoms with Gasteiger partial charge in [-0.1, -0.05) is 6.92 Å². The van der Waals surface area contributed by atoms with E-state index in [2.05, 4.69) is 30.8 Å². The van der Waals surface area contributed by atoms with Crippen molar-refractivity contribution in [3.05, 3.63) is 0 Å². The number of nitrogens with two attached hydrogens (primary N) is 1. The van der Waals surface area contributed by atoms with Gasteiger partial charge in [-0.3, -0.25) is 4.79 Å². The van der Waals surface area contributed by atoms with Crippen LogP contribution in [0.25, 0.3) is 0 Å². The van der Waals surface area contributed by atoms with Crippen LogP contribution in [0.1, 0.15) is 40.0 Å². The summed E-state index contributed by atoms with van der Waals surface area (Å²) in [4.78, 5) is 16.3. The Bertz CT molecular complexity index is 268. The van der Waals surface area contributed by atoms with Gasteiger partial charge in [0, 0.05) is 13.1 Å². The fraction of sp³-hybridized carbons (Fsp3) is 0.933. The highest BCUT2D eigenvalue weighted by Gasteiger charge is 2.29. The molecule has 1 unspecified atom stereocenters. The van der Waals surface area contributed by atoms with Gasteiger partial charge in [-0.2, -0.15) is 0 Å². The smallest absolute Gasteiger partial charge is 0.325 e. The van der Waals surface area contributed by atoms with Gasteiger partial charge in [0.15, 0.2) is 0 Å². The minimum absolute atomic E-state index is 0.296. The zero-order valence-electron chi connectivity index (χ0n) is 13.9. The molecule has 5 heteroatoms. The van der Waals surface area contributed by atoms with Crippen molar-refractivity contribution in [2.45, 2.75) is 45.6 Å². The average Bonchev–Trinajstić information content (AvgIpc) is 2.36. The van der Waals surface area contributed by atoms with Gasteiger partial charge in [-0.15, -0.1) is 0 Å². The first-order valence-corrected chi connectivity index (χ1v) is 7.66. The van der Waals surface area contributed by atoms with Gasteiger partial charge < -0.3 is 20.3 Å². The quantitative estimate of drug-likeness (QED) is 0.581. The summed E-state index contributed by atoms with van der Waals surface area (Å²) in [5, 5.41) is 0. The second kappa shape index (κ2) is 10.1. The highest BCUT2D eigenvalue weighted by atomic mass is 16.5. The van der Waals surface area contributed by atoms with E-state index in [1.807, 2.05) is 0 Å². The molecular weight excluding hydrogens is 254 g/mol. The van der Waals surface area contributed by atoms with Crippen LogP contribution in [-0.2, 0) is 9.53 Å². The van der Waals surface area contributed by atoms with E-state index in [0.717, 1.165) is 39.0 Å². The van der Waals surface area contributed by atoms with Gasteiger partial charge in [0.25, 0.3) is 0 Å². The number of nitrogens with zero attached hydrogens (tertiary/aromatic N) is 2. The van der Waals surface area contributed by atoms with Crippen molar-refractivity contribution in [1.82, 2.24) is 9.80 Å². The van der Waals surface area contributed by atoms with Crippen LogP contribution >= 0.6 is 0 Å². The lowest BCUT2D eigenvalue weighted by Crippen LogP contribution is -2.46. The summed E-state index contributed by atoms with van der Waals surface area (Å²) in [6.07, 6.45) is 2.72. The SMILES string of the molecule is CCCN(CCCC(C)(N)C(=O)OCC)CCN(C)C. The molecule has 0 radical (unpaired) electrons. The maximum atomic E-state index is 11.7. The lowest BCUT2D eigenvalue weighted by Gasteiger charge is -2.26. The molecule has 0 heterocycles. The molecule has 0 spiro atoms. The van der Waals surface area contributed by atoms with Crippen LogP contribution in [0.4, 0.5) is 0 Å². The van der Waals surface area contributed by atoms with Crippen LogP contribution in [0.5, 0.6) is 0 Å². The predicted molar refractivity (Wildman–Crippen MR) is 83.7 cm³/mol. The first kappa shape index (κ1) is 19.4. The van der Waals surface area contributed by atoms with Crippen molar-refractivity contribution in [2.75, 3.05) is 46.9 Å². The molecule has 0 bridgehead atoms. The molecule has 0 aliphatic rings. The number of esters is 1. The third-order valence-corrected chi connectivity index (χ3v) is 3.32. The summed E-state index contributed by atoms with van der Waals surface area (Å²) in [6.45, 7) is 10.3. The zero-order chi connectivity index (χ0) is 15.6. The molecule has 0 aliphatic heterocycles. The second-order valence-electron chi connectivity index (χ2n) is 5.89. The van der Waals surface area contributed by atoms with E-state index in [0.29, 0.717) is 13.0 Å². The van der Waals surface area contributed by atoms with Gasteiger partial charge in [-0.25, -0.2) is 0 Å². The van der Waals surface area contributed by atoms with E-state index in [4.69, 9.17) is 10.5 Å². The maximum absolute atomic E-state index is 11.7. The summed E-state index contributed by atoms with van der Waals surface area (Å²) in [7, 11) is 4.17. The molecule has 0 aromatic carbocycles. The molecular formula is C15H33N3O2. The van der Waals surface area contributed by atoms with Gasteiger partial charge in [0.05, 0.1) is 6.61 Å². The minimum Gasteiger partial charge on any atom is -0.465 e. The predicted octanol–water partition coefficient (Wildman–Crippen LogP) is 1.32. The maximum Gasteiger partial charge on any atom is 0.325 e. The first-order valence-electron chi connectivity index (χ1n) is 7.66. The Kier molecular flexibility index (Phi) is 9.80. The molecule has 2 N–H and O–H groups in total. The van der Waals surface area contributed by atoms with Crippen LogP contribution in [0.2, 0.25) is 0 Å². The van der Waals surface area contributed by atoms with Crippen molar-refractivity contribution in [3.63, 3.8) is 0 Å². The number of hydrogen-bond donors (Lipinski definition) is 1. The Morgan fingerprint density at radius 1 is 1.15 bits per heavy atom. The Balaban J connectivity index is 4.11. The third kappa shape index (κ3) is 8.51. The number of carbonyl (C=O) groups excluding carboxylic acids is 1. The molecule has 1 atom stereocenters. The summed E-state index contributed by atoms with van der Waals surface area (Å²) in [5.74, 6) is -0.296. The molecule has 5 nitrogen and oxygen atoms in total. The van der Waals surface area contributed by atoms with Crippen molar-refractivity contribution in [2.24, 2.45) is 5.73 Å². The summed E-state index contributed by atoms with van der Waals surface area (Å²) in [6, 6.07) is 0. The number of likely N-dealkylation sites (N-methyl/N-ethyl adjacent to an activating group) is 1. The molecule has 0 aromatic rings. The summed E-state index contributed by atoms with van der Waals surface area (Å²) in [5.41, 5.74) is 5.16. The molecule has 0 rings (SSSR count). The molecule has 0 fully saturated rings. The lowest BCUT2D eigenvalue weighted by atomic mass is 9.97. The van der Waals surface area contributed by atoms with E-state index < -0.39 is 5.54 Å². The van der Waals surface area contributed by atoms with Crippen molar-refractivity contribution >= 4 is 5.97 Å². The number of hydrogen-bond acceptors (Lipinski definition) is 5. The van der Waals surface area contributed by atoms with E-state index in [1.54, 1.807) is 13.8 Å². The van der Waals surface area contributed by atoms with Gasteiger partial charge in [0.1, 0.15) is 5.54 Å². The van der Waals surface area contributed by atoms with Crippen LogP contribution in [0.3, 0.4) is 0 Å². The summed E-state index contributed by atoms with van der Waals surface area (Å²) >= 11 is 0. The van der Waals surface area contributed by atoms with Crippen LogP contribution in [-0.4, -0.2) is 68.2 Å². The fourth-order valence-electron chi connectivity index (χ4n) is 2.06. The van der Waals surface area contributed by atoms with Gasteiger partial charge in [-0.05, 0) is 60.3 Å². The molecule has 0 saturated heterocycles. The van der Waals surface area contributed by atoms with Crippen molar-refractivity contribution < 1.29 is 9.53 Å². The zero-order valence-corrected chi connectivity index (χ0v) is 13.9. The fourth-order valence-corrected chi connectivity index (χ4v) is 2.06. The Morgan fingerprint density at radius 3 is 2.30 bits per heavy atom. The standard InChI is InChI=1S/C15H33N3O2/c1-6-10-18(13-12-17(4)5)11-8-9-15(3,16)14(19)20-7-2/h6-13,16H2,1-5H3. The molecule has 20 heavy (non-hydrogen) atoms. The van der Waals surface area contributed by atoms with Crippen LogP contribution in [0, 0.1) is 0 Å². The van der Waals surface area contributed by atoms with Crippen LogP contribution < -0.4 is 5.73 Å². The molecule has 0 aromatic heterocycles. The molecule has 0 aliphatic carbocycles. The van der Waals surface area contributed by atoms with E-state index >= 15 is 0 Å². The molecule has 0 saturated carbocycles. The van der Waals surface area contributed by atoms with Gasteiger partial charge >= 0.3 is 5.97 Å². The minimum atomic E-state index is -0.866. The number of carbonyl (C=O) groups is 1. The summed E-state index contributed by atoms with van der Waals surface area (Å²) < 4.78 is 5.01. The van der Waals surface area contributed by atoms with Crippen LogP contribution in [0.15, 0.2) is 0 Å². The Morgan fingerprint density at radius 2 is 1.80 bits per heavy atom. The van der Waals surface area contributed by atoms with Gasteiger partial charge in [0.2, 0.25) is 0 Å². The Hall–Kier alpha value is -0.650. The molecule has 0 amide bonds. The Labute approximate surface area is 124 Å². The van der Waals surface area contributed by atoms with Crippen molar-refractivity contribution in [3.8, 4) is 0 Å². The highest BCUT2D eigenvalue weighted by molar-refractivity contribution is 5.79. The normalized spacial score (nSPS) is 14.6. The first-order chi connectivity index (χ1) is 9.33. The number of rotatable bonds is 11. The van der Waals surface area contributed by atoms with E-state index in [1.165, 1.54) is 0 Å². The number of ether oxygens (including phenoxy) is 1.